The number of aromatic nitrogens is 1. The first kappa shape index (κ1) is 16.0. The number of hydrogen-bond donors (Lipinski definition) is 1. The Labute approximate surface area is 144 Å². The molecular formula is C15H9Cl2FN2O2S. The van der Waals surface area contributed by atoms with Crippen LogP contribution in [0, 0.1) is 5.82 Å². The van der Waals surface area contributed by atoms with Crippen molar-refractivity contribution in [3.63, 3.8) is 0 Å². The summed E-state index contributed by atoms with van der Waals surface area (Å²) in [5.74, 6) is -0.960. The maximum atomic E-state index is 13.4. The maximum Gasteiger partial charge on any atom is 0.264 e. The smallest absolute Gasteiger partial charge is 0.264 e. The van der Waals surface area contributed by atoms with Gasteiger partial charge in [-0.05, 0) is 24.3 Å². The second-order valence-corrected chi connectivity index (χ2v) is 6.31. The first-order valence-electron chi connectivity index (χ1n) is 6.46. The number of carbonyl (C=O) groups excluding carboxylic acids is 1. The van der Waals surface area contributed by atoms with Gasteiger partial charge in [-0.25, -0.2) is 9.37 Å². The van der Waals surface area contributed by atoms with Gasteiger partial charge in [0.05, 0.1) is 14.7 Å². The molecule has 0 aliphatic rings. The number of ether oxygens (including phenoxy) is 1. The van der Waals surface area contributed by atoms with Crippen LogP contribution in [0.4, 0.5) is 9.52 Å². The number of benzene rings is 2. The molecule has 3 rings (SSSR count). The summed E-state index contributed by atoms with van der Waals surface area (Å²) in [6.07, 6.45) is 0. The van der Waals surface area contributed by atoms with Crippen molar-refractivity contribution in [1.29, 1.82) is 0 Å². The van der Waals surface area contributed by atoms with E-state index in [0.29, 0.717) is 20.7 Å². The highest BCUT2D eigenvalue weighted by Gasteiger charge is 2.13. The van der Waals surface area contributed by atoms with Crippen LogP contribution in [0.1, 0.15) is 0 Å². The van der Waals surface area contributed by atoms with Gasteiger partial charge >= 0.3 is 0 Å². The minimum atomic E-state index is -0.526. The van der Waals surface area contributed by atoms with E-state index in [2.05, 4.69) is 10.3 Å². The third kappa shape index (κ3) is 3.55. The van der Waals surface area contributed by atoms with E-state index in [9.17, 15) is 9.18 Å². The number of amides is 1. The maximum absolute atomic E-state index is 13.4. The average molecular weight is 371 g/mol. The number of thiazole rings is 1. The molecule has 0 aliphatic carbocycles. The summed E-state index contributed by atoms with van der Waals surface area (Å²) >= 11 is 13.3. The fourth-order valence-corrected chi connectivity index (χ4v) is 3.16. The Kier molecular flexibility index (Phi) is 4.66. The number of para-hydroxylation sites is 1. The zero-order chi connectivity index (χ0) is 16.4. The van der Waals surface area contributed by atoms with E-state index in [1.54, 1.807) is 18.2 Å². The van der Waals surface area contributed by atoms with Gasteiger partial charge in [0.25, 0.3) is 5.91 Å². The minimum Gasteiger partial charge on any atom is -0.481 e. The summed E-state index contributed by atoms with van der Waals surface area (Å²) in [7, 11) is 0. The number of nitrogens with one attached hydrogen (secondary N) is 1. The van der Waals surface area contributed by atoms with Gasteiger partial charge in [0, 0.05) is 0 Å². The lowest BCUT2D eigenvalue weighted by atomic mass is 10.3. The van der Waals surface area contributed by atoms with Crippen molar-refractivity contribution < 1.29 is 13.9 Å². The second kappa shape index (κ2) is 6.70. The quantitative estimate of drug-likeness (QED) is 0.720. The van der Waals surface area contributed by atoms with Crippen molar-refractivity contribution in [3.8, 4) is 5.75 Å². The Morgan fingerprint density at radius 1 is 1.26 bits per heavy atom. The third-order valence-corrected chi connectivity index (χ3v) is 4.62. The Bertz CT molecular complexity index is 885. The number of halogens is 3. The van der Waals surface area contributed by atoms with Crippen LogP contribution in [0.25, 0.3) is 10.2 Å². The van der Waals surface area contributed by atoms with Gasteiger partial charge in [0.2, 0.25) is 0 Å². The molecular weight excluding hydrogens is 362 g/mol. The fraction of sp³-hybridized carbons (Fsp3) is 0.0667. The number of fused-ring (bicyclic) bond motifs is 1. The first-order chi connectivity index (χ1) is 11.0. The van der Waals surface area contributed by atoms with Crippen molar-refractivity contribution in [2.45, 2.75) is 0 Å². The molecule has 0 spiro atoms. The van der Waals surface area contributed by atoms with Crippen LogP contribution in [0.5, 0.6) is 5.75 Å². The zero-order valence-corrected chi connectivity index (χ0v) is 13.8. The standard InChI is InChI=1S/C15H9Cl2FN2O2S/c16-8-5-6-11-14(13(8)17)20-15(23-11)19-12(21)7-22-10-4-2-1-3-9(10)18/h1-6H,7H2,(H,19,20,21). The van der Waals surface area contributed by atoms with E-state index in [1.807, 2.05) is 0 Å². The van der Waals surface area contributed by atoms with Gasteiger partial charge in [-0.1, -0.05) is 46.7 Å². The topological polar surface area (TPSA) is 51.2 Å². The minimum absolute atomic E-state index is 0.0155. The summed E-state index contributed by atoms with van der Waals surface area (Å²) in [6.45, 7) is -0.328. The highest BCUT2D eigenvalue weighted by atomic mass is 35.5. The average Bonchev–Trinajstić information content (AvgIpc) is 2.93. The van der Waals surface area contributed by atoms with E-state index in [0.717, 1.165) is 4.70 Å². The summed E-state index contributed by atoms with van der Waals surface area (Å²) < 4.78 is 19.3. The molecule has 0 fully saturated rings. The molecule has 4 nitrogen and oxygen atoms in total. The van der Waals surface area contributed by atoms with Crippen LogP contribution >= 0.6 is 34.5 Å². The van der Waals surface area contributed by atoms with Crippen LogP contribution in [0.15, 0.2) is 36.4 Å². The molecule has 0 saturated carbocycles. The van der Waals surface area contributed by atoms with Gasteiger partial charge in [-0.15, -0.1) is 0 Å². The molecule has 1 N–H and O–H groups in total. The van der Waals surface area contributed by atoms with Crippen LogP contribution < -0.4 is 10.1 Å². The zero-order valence-electron chi connectivity index (χ0n) is 11.5. The Hall–Kier alpha value is -1.89. The number of anilines is 1. The Morgan fingerprint density at radius 3 is 2.83 bits per heavy atom. The number of rotatable bonds is 4. The monoisotopic (exact) mass is 370 g/mol. The molecule has 1 amide bonds. The molecule has 0 saturated heterocycles. The van der Waals surface area contributed by atoms with E-state index < -0.39 is 11.7 Å². The molecule has 1 heterocycles. The van der Waals surface area contributed by atoms with Gasteiger partial charge in [-0.2, -0.15) is 0 Å². The van der Waals surface area contributed by atoms with Crippen LogP contribution in [0.2, 0.25) is 10.0 Å². The molecule has 118 valence electrons. The second-order valence-electron chi connectivity index (χ2n) is 4.49. The lowest BCUT2D eigenvalue weighted by Crippen LogP contribution is -2.20. The van der Waals surface area contributed by atoms with Crippen LogP contribution in [0.3, 0.4) is 0 Å². The molecule has 23 heavy (non-hydrogen) atoms. The molecule has 1 aromatic heterocycles. The molecule has 0 aliphatic heterocycles. The predicted octanol–water partition coefficient (Wildman–Crippen LogP) is 4.76. The normalized spacial score (nSPS) is 10.7. The van der Waals surface area contributed by atoms with Gasteiger partial charge in [-0.3, -0.25) is 10.1 Å². The van der Waals surface area contributed by atoms with Crippen LogP contribution in [-0.4, -0.2) is 17.5 Å². The highest BCUT2D eigenvalue weighted by molar-refractivity contribution is 7.22. The summed E-state index contributed by atoms with van der Waals surface area (Å²) in [4.78, 5) is 16.1. The molecule has 0 radical (unpaired) electrons. The van der Waals surface area contributed by atoms with E-state index in [-0.39, 0.29) is 12.4 Å². The Balaban J connectivity index is 1.68. The molecule has 3 aromatic rings. The molecule has 2 aromatic carbocycles. The van der Waals surface area contributed by atoms with Gasteiger partial charge in [0.15, 0.2) is 23.3 Å². The first-order valence-corrected chi connectivity index (χ1v) is 8.03. The lowest BCUT2D eigenvalue weighted by molar-refractivity contribution is -0.118. The van der Waals surface area contributed by atoms with Crippen molar-refractivity contribution in [1.82, 2.24) is 4.98 Å². The highest BCUT2D eigenvalue weighted by Crippen LogP contribution is 2.35. The summed E-state index contributed by atoms with van der Waals surface area (Å²) in [5.41, 5.74) is 0.523. The van der Waals surface area contributed by atoms with Crippen molar-refractivity contribution in [3.05, 3.63) is 52.3 Å². The third-order valence-electron chi connectivity index (χ3n) is 2.89. The van der Waals surface area contributed by atoms with E-state index in [1.165, 1.54) is 29.5 Å². The lowest BCUT2D eigenvalue weighted by Gasteiger charge is -2.06. The largest absolute Gasteiger partial charge is 0.481 e. The summed E-state index contributed by atoms with van der Waals surface area (Å²) in [6, 6.07) is 9.30. The van der Waals surface area contributed by atoms with Gasteiger partial charge in [0.1, 0.15) is 5.52 Å². The van der Waals surface area contributed by atoms with Crippen molar-refractivity contribution in [2.75, 3.05) is 11.9 Å². The van der Waals surface area contributed by atoms with E-state index in [4.69, 9.17) is 27.9 Å². The summed E-state index contributed by atoms with van der Waals surface area (Å²) in [5, 5.41) is 3.68. The Morgan fingerprint density at radius 2 is 2.04 bits per heavy atom. The fourth-order valence-electron chi connectivity index (χ4n) is 1.85. The van der Waals surface area contributed by atoms with Crippen molar-refractivity contribution in [2.24, 2.45) is 0 Å². The van der Waals surface area contributed by atoms with Crippen LogP contribution in [-0.2, 0) is 4.79 Å². The predicted molar refractivity (Wildman–Crippen MR) is 90.2 cm³/mol. The molecule has 8 heteroatoms. The SMILES string of the molecule is O=C(COc1ccccc1F)Nc1nc2c(Cl)c(Cl)ccc2s1. The molecule has 0 unspecified atom stereocenters. The molecule has 0 bridgehead atoms. The van der Waals surface area contributed by atoms with Crippen molar-refractivity contribution >= 4 is 55.8 Å². The van der Waals surface area contributed by atoms with E-state index >= 15 is 0 Å². The molecule has 0 atom stereocenters. The van der Waals surface area contributed by atoms with Gasteiger partial charge < -0.3 is 4.74 Å². The number of nitrogens with zero attached hydrogens (tertiary/aromatic N) is 1. The number of carbonyl (C=O) groups is 1. The number of hydrogen-bond acceptors (Lipinski definition) is 4.